The van der Waals surface area contributed by atoms with Gasteiger partial charge in [0.05, 0.1) is 12.7 Å². The van der Waals surface area contributed by atoms with E-state index in [1.54, 1.807) is 13.2 Å². The number of benzene rings is 1. The van der Waals surface area contributed by atoms with E-state index in [-0.39, 0.29) is 6.03 Å². The largest absolute Gasteiger partial charge is 0.497 e. The summed E-state index contributed by atoms with van der Waals surface area (Å²) in [6.45, 7) is 0.790. The summed E-state index contributed by atoms with van der Waals surface area (Å²) in [7, 11) is 1.59. The number of ether oxygens (including phenoxy) is 1. The van der Waals surface area contributed by atoms with E-state index in [1.165, 1.54) is 0 Å². The maximum absolute atomic E-state index is 11.6. The molecular weight excluding hydrogens is 292 g/mol. The van der Waals surface area contributed by atoms with Crippen molar-refractivity contribution in [3.63, 3.8) is 0 Å². The Hall–Kier alpha value is -1.46. The van der Waals surface area contributed by atoms with Crippen molar-refractivity contribution in [3.05, 3.63) is 28.8 Å². The molecule has 5 nitrogen and oxygen atoms in total. The molecule has 1 fully saturated rings. The molecule has 3 N–H and O–H groups in total. The minimum Gasteiger partial charge on any atom is -0.497 e. The highest BCUT2D eigenvalue weighted by Crippen LogP contribution is 2.30. The number of nitrogens with one attached hydrogen (secondary N) is 2. The standard InChI is InChI=1S/C15H21ClN2O3/c1-21-12-4-3-11(13(16)9-12)5-8-17-14(19)18-10-15(20)6-2-7-15/h3-4,9,20H,2,5-8,10H2,1H3,(H2,17,18,19). The summed E-state index contributed by atoms with van der Waals surface area (Å²) >= 11 is 6.13. The number of hydrogen-bond acceptors (Lipinski definition) is 3. The third-order valence-corrected chi connectivity index (χ3v) is 4.15. The molecule has 1 aromatic rings. The van der Waals surface area contributed by atoms with Gasteiger partial charge in [0.15, 0.2) is 0 Å². The third-order valence-electron chi connectivity index (χ3n) is 3.80. The number of amides is 2. The maximum atomic E-state index is 11.6. The van der Waals surface area contributed by atoms with Crippen molar-refractivity contribution in [1.82, 2.24) is 10.6 Å². The second-order valence-corrected chi connectivity index (χ2v) is 5.80. The Bertz CT molecular complexity index is 504. The maximum Gasteiger partial charge on any atom is 0.314 e. The molecule has 0 aromatic heterocycles. The first kappa shape index (κ1) is 15.9. The predicted octanol–water partition coefficient (Wildman–Crippen LogP) is 2.11. The van der Waals surface area contributed by atoms with E-state index in [2.05, 4.69) is 10.6 Å². The Morgan fingerprint density at radius 3 is 2.76 bits per heavy atom. The van der Waals surface area contributed by atoms with Gasteiger partial charge in [-0.15, -0.1) is 0 Å². The van der Waals surface area contributed by atoms with Crippen LogP contribution in [0.25, 0.3) is 0 Å². The molecule has 0 spiro atoms. The summed E-state index contributed by atoms with van der Waals surface area (Å²) in [5.41, 5.74) is 0.256. The molecule has 0 radical (unpaired) electrons. The summed E-state index contributed by atoms with van der Waals surface area (Å²) in [5, 5.41) is 15.9. The highest BCUT2D eigenvalue weighted by atomic mass is 35.5. The SMILES string of the molecule is COc1ccc(CCNC(=O)NCC2(O)CCC2)c(Cl)c1. The van der Waals surface area contributed by atoms with Gasteiger partial charge in [-0.3, -0.25) is 0 Å². The molecule has 1 aliphatic carbocycles. The van der Waals surface area contributed by atoms with Crippen LogP contribution in [0, 0.1) is 0 Å². The van der Waals surface area contributed by atoms with Crippen LogP contribution >= 0.6 is 11.6 Å². The summed E-state index contributed by atoms with van der Waals surface area (Å²) in [5.74, 6) is 0.711. The molecule has 2 amide bonds. The quantitative estimate of drug-likeness (QED) is 0.753. The van der Waals surface area contributed by atoms with E-state index in [4.69, 9.17) is 16.3 Å². The van der Waals surface area contributed by atoms with Crippen LogP contribution in [0.4, 0.5) is 4.79 Å². The van der Waals surface area contributed by atoms with Gasteiger partial charge in [0.25, 0.3) is 0 Å². The van der Waals surface area contributed by atoms with Gasteiger partial charge in [-0.1, -0.05) is 17.7 Å². The molecule has 2 rings (SSSR count). The van der Waals surface area contributed by atoms with E-state index in [9.17, 15) is 9.90 Å². The minimum atomic E-state index is -0.698. The molecule has 0 atom stereocenters. The Morgan fingerprint density at radius 2 is 2.19 bits per heavy atom. The summed E-state index contributed by atoms with van der Waals surface area (Å²) in [4.78, 5) is 11.6. The lowest BCUT2D eigenvalue weighted by molar-refractivity contribution is -0.0290. The van der Waals surface area contributed by atoms with Crippen LogP contribution in [-0.4, -0.2) is 36.9 Å². The van der Waals surface area contributed by atoms with Crippen LogP contribution in [0.3, 0.4) is 0 Å². The molecule has 0 aliphatic heterocycles. The highest BCUT2D eigenvalue weighted by molar-refractivity contribution is 6.31. The number of halogens is 1. The fraction of sp³-hybridized carbons (Fsp3) is 0.533. The number of carbonyl (C=O) groups is 1. The van der Waals surface area contributed by atoms with Gasteiger partial charge in [0.2, 0.25) is 0 Å². The monoisotopic (exact) mass is 312 g/mol. The minimum absolute atomic E-state index is 0.264. The molecule has 1 saturated carbocycles. The van der Waals surface area contributed by atoms with E-state index < -0.39 is 5.60 Å². The molecule has 0 unspecified atom stereocenters. The van der Waals surface area contributed by atoms with Crippen molar-refractivity contribution in [1.29, 1.82) is 0 Å². The Morgan fingerprint density at radius 1 is 1.43 bits per heavy atom. The van der Waals surface area contributed by atoms with Crippen LogP contribution in [0.1, 0.15) is 24.8 Å². The molecule has 116 valence electrons. The number of urea groups is 1. The van der Waals surface area contributed by atoms with Gasteiger partial charge < -0.3 is 20.5 Å². The predicted molar refractivity (Wildman–Crippen MR) is 81.9 cm³/mol. The molecule has 6 heteroatoms. The van der Waals surface area contributed by atoms with Gasteiger partial charge in [-0.25, -0.2) is 4.79 Å². The summed E-state index contributed by atoms with van der Waals surface area (Å²) in [6.07, 6.45) is 3.18. The number of methoxy groups -OCH3 is 1. The van der Waals surface area contributed by atoms with E-state index in [0.717, 1.165) is 24.8 Å². The normalized spacial score (nSPS) is 16.0. The molecule has 0 heterocycles. The fourth-order valence-corrected chi connectivity index (χ4v) is 2.50. The van der Waals surface area contributed by atoms with Crippen LogP contribution in [0.2, 0.25) is 5.02 Å². The van der Waals surface area contributed by atoms with Gasteiger partial charge in [-0.05, 0) is 43.4 Å². The first-order valence-electron chi connectivity index (χ1n) is 7.09. The van der Waals surface area contributed by atoms with Gasteiger partial charge in [0.1, 0.15) is 5.75 Å². The lowest BCUT2D eigenvalue weighted by Gasteiger charge is -2.36. The zero-order valence-electron chi connectivity index (χ0n) is 12.1. The molecule has 21 heavy (non-hydrogen) atoms. The van der Waals surface area contributed by atoms with Crippen molar-refractivity contribution >= 4 is 17.6 Å². The lowest BCUT2D eigenvalue weighted by atomic mass is 9.80. The number of aliphatic hydroxyl groups is 1. The molecule has 0 saturated heterocycles. The fourth-order valence-electron chi connectivity index (χ4n) is 2.24. The first-order chi connectivity index (χ1) is 10.0. The van der Waals surface area contributed by atoms with E-state index >= 15 is 0 Å². The smallest absolute Gasteiger partial charge is 0.314 e. The van der Waals surface area contributed by atoms with E-state index in [0.29, 0.717) is 30.3 Å². The average molecular weight is 313 g/mol. The Labute approximate surface area is 129 Å². The van der Waals surface area contributed by atoms with Crippen molar-refractivity contribution in [2.45, 2.75) is 31.3 Å². The average Bonchev–Trinajstić information content (AvgIpc) is 2.44. The number of hydrogen-bond donors (Lipinski definition) is 3. The molecule has 1 aromatic carbocycles. The third kappa shape index (κ3) is 4.51. The van der Waals surface area contributed by atoms with Gasteiger partial charge >= 0.3 is 6.03 Å². The lowest BCUT2D eigenvalue weighted by Crippen LogP contribution is -2.50. The van der Waals surface area contributed by atoms with Gasteiger partial charge in [0, 0.05) is 18.1 Å². The zero-order valence-corrected chi connectivity index (χ0v) is 12.9. The highest BCUT2D eigenvalue weighted by Gasteiger charge is 2.34. The zero-order chi connectivity index (χ0) is 15.3. The summed E-state index contributed by atoms with van der Waals surface area (Å²) < 4.78 is 5.08. The second-order valence-electron chi connectivity index (χ2n) is 5.39. The molecular formula is C15H21ClN2O3. The van der Waals surface area contributed by atoms with Crippen LogP contribution in [0.5, 0.6) is 5.75 Å². The van der Waals surface area contributed by atoms with Crippen molar-refractivity contribution in [2.75, 3.05) is 20.2 Å². The Kier molecular flexibility index (Phi) is 5.31. The van der Waals surface area contributed by atoms with Crippen LogP contribution in [-0.2, 0) is 6.42 Å². The number of rotatable bonds is 6. The molecule has 0 bridgehead atoms. The Balaban J connectivity index is 1.70. The van der Waals surface area contributed by atoms with Gasteiger partial charge in [-0.2, -0.15) is 0 Å². The van der Waals surface area contributed by atoms with Crippen LogP contribution < -0.4 is 15.4 Å². The summed E-state index contributed by atoms with van der Waals surface area (Å²) in [6, 6.07) is 5.22. The van der Waals surface area contributed by atoms with Crippen molar-refractivity contribution in [3.8, 4) is 5.75 Å². The van der Waals surface area contributed by atoms with Crippen LogP contribution in [0.15, 0.2) is 18.2 Å². The van der Waals surface area contributed by atoms with E-state index in [1.807, 2.05) is 12.1 Å². The van der Waals surface area contributed by atoms with Crippen molar-refractivity contribution < 1.29 is 14.6 Å². The van der Waals surface area contributed by atoms with Crippen molar-refractivity contribution in [2.24, 2.45) is 0 Å². The number of carbonyl (C=O) groups excluding carboxylic acids is 1. The molecule has 1 aliphatic rings. The second kappa shape index (κ2) is 7.00. The first-order valence-corrected chi connectivity index (χ1v) is 7.47. The topological polar surface area (TPSA) is 70.6 Å².